The van der Waals surface area contributed by atoms with Crippen molar-refractivity contribution in [3.63, 3.8) is 0 Å². The summed E-state index contributed by atoms with van der Waals surface area (Å²) in [6.07, 6.45) is 0. The van der Waals surface area contributed by atoms with Crippen molar-refractivity contribution in [1.29, 1.82) is 0 Å². The van der Waals surface area contributed by atoms with E-state index in [-0.39, 0.29) is 17.2 Å². The zero-order valence-electron chi connectivity index (χ0n) is 21.4. The van der Waals surface area contributed by atoms with Gasteiger partial charge in [-0.1, -0.05) is 30.3 Å². The lowest BCUT2D eigenvalue weighted by Crippen LogP contribution is -2.09. The smallest absolute Gasteiger partial charge is 0.335 e. The van der Waals surface area contributed by atoms with Gasteiger partial charge in [0.25, 0.3) is 5.69 Å². The summed E-state index contributed by atoms with van der Waals surface area (Å²) in [5.41, 5.74) is 2.50. The molecule has 0 amide bonds. The highest BCUT2D eigenvalue weighted by atomic mass is 16.6. The Labute approximate surface area is 233 Å². The molecule has 12 nitrogen and oxygen atoms in total. The average Bonchev–Trinajstić information content (AvgIpc) is 2.98. The molecule has 1 aromatic heterocycles. The van der Waals surface area contributed by atoms with Crippen molar-refractivity contribution >= 4 is 40.9 Å². The number of nitrogens with zero attached hydrogens (tertiary/aromatic N) is 4. The molecule has 0 spiro atoms. The van der Waals surface area contributed by atoms with Crippen LogP contribution in [0.15, 0.2) is 103 Å². The van der Waals surface area contributed by atoms with E-state index in [4.69, 9.17) is 9.84 Å². The second-order valence-electron chi connectivity index (χ2n) is 8.66. The fourth-order valence-corrected chi connectivity index (χ4v) is 3.67. The molecular weight excluding hydrogens is 526 g/mol. The highest BCUT2D eigenvalue weighted by Crippen LogP contribution is 2.25. The van der Waals surface area contributed by atoms with Crippen LogP contribution in [0.1, 0.15) is 15.9 Å². The Kier molecular flexibility index (Phi) is 7.91. The van der Waals surface area contributed by atoms with E-state index in [9.17, 15) is 14.9 Å². The first kappa shape index (κ1) is 26.6. The molecule has 204 valence electrons. The van der Waals surface area contributed by atoms with Crippen LogP contribution in [0, 0.1) is 10.1 Å². The number of ether oxygens (including phenoxy) is 1. The van der Waals surface area contributed by atoms with E-state index in [1.807, 2.05) is 30.3 Å². The van der Waals surface area contributed by atoms with Crippen LogP contribution < -0.4 is 20.7 Å². The molecule has 0 radical (unpaired) electrons. The maximum Gasteiger partial charge on any atom is 0.335 e. The van der Waals surface area contributed by atoms with Crippen LogP contribution in [0.3, 0.4) is 0 Å². The lowest BCUT2D eigenvalue weighted by atomic mass is 10.2. The van der Waals surface area contributed by atoms with Gasteiger partial charge in [-0.3, -0.25) is 10.1 Å². The van der Waals surface area contributed by atoms with Gasteiger partial charge in [0.1, 0.15) is 11.5 Å². The Balaban J connectivity index is 1.31. The van der Waals surface area contributed by atoms with Gasteiger partial charge >= 0.3 is 5.97 Å². The molecule has 0 saturated heterocycles. The van der Waals surface area contributed by atoms with Crippen molar-refractivity contribution < 1.29 is 19.6 Å². The predicted octanol–water partition coefficient (Wildman–Crippen LogP) is 6.37. The molecule has 0 saturated carbocycles. The highest BCUT2D eigenvalue weighted by Gasteiger charge is 2.10. The van der Waals surface area contributed by atoms with E-state index in [1.165, 1.54) is 24.3 Å². The fraction of sp³-hybridized carbons (Fsp3) is 0.0345. The quantitative estimate of drug-likeness (QED) is 0.107. The van der Waals surface area contributed by atoms with E-state index in [1.54, 1.807) is 48.5 Å². The first-order valence-corrected chi connectivity index (χ1v) is 12.3. The largest absolute Gasteiger partial charge is 0.478 e. The first-order valence-electron chi connectivity index (χ1n) is 12.3. The van der Waals surface area contributed by atoms with E-state index >= 15 is 0 Å². The number of anilines is 5. The van der Waals surface area contributed by atoms with Gasteiger partial charge in [-0.2, -0.15) is 15.0 Å². The summed E-state index contributed by atoms with van der Waals surface area (Å²) >= 11 is 0. The van der Waals surface area contributed by atoms with Crippen LogP contribution in [0.5, 0.6) is 11.5 Å². The van der Waals surface area contributed by atoms with Gasteiger partial charge in [-0.25, -0.2) is 4.79 Å². The summed E-state index contributed by atoms with van der Waals surface area (Å²) in [4.78, 5) is 34.9. The number of carboxylic acid groups (broad SMARTS) is 1. The van der Waals surface area contributed by atoms with E-state index in [0.29, 0.717) is 35.6 Å². The molecule has 4 N–H and O–H groups in total. The number of para-hydroxylation sites is 1. The third kappa shape index (κ3) is 7.29. The number of benzene rings is 4. The lowest BCUT2D eigenvalue weighted by Gasteiger charge is -2.12. The fourth-order valence-electron chi connectivity index (χ4n) is 3.67. The summed E-state index contributed by atoms with van der Waals surface area (Å²) in [5.74, 6) is 0.952. The Morgan fingerprint density at radius 2 is 1.27 bits per heavy atom. The van der Waals surface area contributed by atoms with E-state index in [0.717, 1.165) is 11.3 Å². The lowest BCUT2D eigenvalue weighted by molar-refractivity contribution is -0.384. The summed E-state index contributed by atoms with van der Waals surface area (Å²) in [7, 11) is 0. The number of carboxylic acids is 1. The number of rotatable bonds is 11. The number of nitro benzene ring substituents is 1. The number of nitrogens with one attached hydrogen (secondary N) is 3. The van der Waals surface area contributed by atoms with Crippen LogP contribution in [-0.2, 0) is 6.54 Å². The number of aromatic carboxylic acids is 1. The Bertz CT molecular complexity index is 1650. The molecule has 1 heterocycles. The summed E-state index contributed by atoms with van der Waals surface area (Å²) in [6.45, 7) is 0.339. The number of carbonyl (C=O) groups is 1. The Morgan fingerprint density at radius 3 is 1.83 bits per heavy atom. The van der Waals surface area contributed by atoms with Crippen molar-refractivity contribution in [3.05, 3.63) is 124 Å². The Hall–Kier alpha value is -6.04. The predicted molar refractivity (Wildman–Crippen MR) is 153 cm³/mol. The van der Waals surface area contributed by atoms with Gasteiger partial charge in [-0.15, -0.1) is 0 Å². The zero-order chi connectivity index (χ0) is 28.6. The molecule has 0 unspecified atom stereocenters. The van der Waals surface area contributed by atoms with Gasteiger partial charge in [0.15, 0.2) is 0 Å². The van der Waals surface area contributed by atoms with Gasteiger partial charge < -0.3 is 25.8 Å². The standard InChI is InChI=1S/C29H23N7O5/c37-26(38)20-8-14-24(15-9-20)41-25-16-10-22(11-17-25)32-29-34-27(30-18-19-6-12-23(13-7-19)36(39)40)33-28(35-29)31-21-4-2-1-3-5-21/h1-17H,18H2,(H,37,38)(H3,30,31,32,33,34,35). The number of aromatic nitrogens is 3. The normalized spacial score (nSPS) is 10.4. The Morgan fingerprint density at radius 1 is 0.732 bits per heavy atom. The monoisotopic (exact) mass is 549 g/mol. The summed E-state index contributed by atoms with van der Waals surface area (Å²) in [5, 5.41) is 29.4. The zero-order valence-corrected chi connectivity index (χ0v) is 21.4. The topological polar surface area (TPSA) is 164 Å². The molecule has 5 rings (SSSR count). The van der Waals surface area contributed by atoms with Crippen molar-refractivity contribution in [2.24, 2.45) is 0 Å². The minimum Gasteiger partial charge on any atom is -0.478 e. The maximum atomic E-state index is 11.0. The number of nitro groups is 1. The van der Waals surface area contributed by atoms with Crippen LogP contribution in [0.4, 0.5) is 34.9 Å². The SMILES string of the molecule is O=C(O)c1ccc(Oc2ccc(Nc3nc(NCc4ccc([N+](=O)[O-])cc4)nc(Nc4ccccc4)n3)cc2)cc1. The minimum absolute atomic E-state index is 0.0160. The van der Waals surface area contributed by atoms with Gasteiger partial charge in [0.2, 0.25) is 17.8 Å². The molecule has 41 heavy (non-hydrogen) atoms. The number of non-ortho nitro benzene ring substituents is 1. The van der Waals surface area contributed by atoms with Crippen molar-refractivity contribution in [1.82, 2.24) is 15.0 Å². The number of hydrogen-bond donors (Lipinski definition) is 4. The molecule has 0 atom stereocenters. The second-order valence-corrected chi connectivity index (χ2v) is 8.66. The van der Waals surface area contributed by atoms with Gasteiger partial charge in [-0.05, 0) is 66.2 Å². The molecule has 0 fully saturated rings. The van der Waals surface area contributed by atoms with E-state index in [2.05, 4.69) is 30.9 Å². The van der Waals surface area contributed by atoms with Crippen molar-refractivity contribution in [2.75, 3.05) is 16.0 Å². The molecule has 0 aliphatic heterocycles. The highest BCUT2D eigenvalue weighted by molar-refractivity contribution is 5.87. The second kappa shape index (κ2) is 12.2. The minimum atomic E-state index is -1.00. The first-order chi connectivity index (χ1) is 19.9. The molecular formula is C29H23N7O5. The molecule has 12 heteroatoms. The maximum absolute atomic E-state index is 11.0. The summed E-state index contributed by atoms with van der Waals surface area (Å²) < 4.78 is 5.80. The summed E-state index contributed by atoms with van der Waals surface area (Å²) in [6, 6.07) is 28.9. The van der Waals surface area contributed by atoms with Crippen molar-refractivity contribution in [2.45, 2.75) is 6.54 Å². The third-order valence-corrected chi connectivity index (χ3v) is 5.71. The van der Waals surface area contributed by atoms with Crippen LogP contribution >= 0.6 is 0 Å². The van der Waals surface area contributed by atoms with Gasteiger partial charge in [0.05, 0.1) is 10.5 Å². The van der Waals surface area contributed by atoms with Gasteiger partial charge in [0, 0.05) is 30.1 Å². The van der Waals surface area contributed by atoms with Crippen LogP contribution in [-0.4, -0.2) is 31.0 Å². The van der Waals surface area contributed by atoms with Crippen molar-refractivity contribution in [3.8, 4) is 11.5 Å². The van der Waals surface area contributed by atoms with Crippen LogP contribution in [0.2, 0.25) is 0 Å². The molecule has 5 aromatic rings. The van der Waals surface area contributed by atoms with Crippen LogP contribution in [0.25, 0.3) is 0 Å². The molecule has 0 aliphatic rings. The van der Waals surface area contributed by atoms with E-state index < -0.39 is 10.9 Å². The number of hydrogen-bond acceptors (Lipinski definition) is 10. The molecule has 4 aromatic carbocycles. The molecule has 0 aliphatic carbocycles. The third-order valence-electron chi connectivity index (χ3n) is 5.71. The average molecular weight is 550 g/mol. The molecule has 0 bridgehead atoms.